The molecule has 1 aromatic rings. The van der Waals surface area contributed by atoms with Gasteiger partial charge < -0.3 is 15.4 Å². The summed E-state index contributed by atoms with van der Waals surface area (Å²) in [6.45, 7) is 1.85. The van der Waals surface area contributed by atoms with Gasteiger partial charge in [-0.3, -0.25) is 0 Å². The van der Waals surface area contributed by atoms with Gasteiger partial charge in [0, 0.05) is 24.7 Å². The highest BCUT2D eigenvalue weighted by molar-refractivity contribution is 5.33. The van der Waals surface area contributed by atoms with Crippen LogP contribution in [0.3, 0.4) is 0 Å². The number of nitrogens with zero attached hydrogens (tertiary/aromatic N) is 1. The third-order valence-electron chi connectivity index (χ3n) is 4.16. The minimum atomic E-state index is 0.308. The second kappa shape index (κ2) is 6.92. The highest BCUT2D eigenvalue weighted by Gasteiger charge is 2.23. The quantitative estimate of drug-likeness (QED) is 0.856. The van der Waals surface area contributed by atoms with Gasteiger partial charge in [-0.05, 0) is 31.9 Å². The van der Waals surface area contributed by atoms with Crippen molar-refractivity contribution in [1.82, 2.24) is 4.90 Å². The molecule has 0 saturated heterocycles. The molecule has 1 atom stereocenters. The Bertz CT molecular complexity index is 388. The molecular weight excluding hydrogens is 236 g/mol. The summed E-state index contributed by atoms with van der Waals surface area (Å²) in [5.41, 5.74) is 7.56. The summed E-state index contributed by atoms with van der Waals surface area (Å²) >= 11 is 0. The molecule has 3 heteroatoms. The molecule has 1 unspecified atom stereocenters. The fourth-order valence-corrected chi connectivity index (χ4v) is 3.08. The maximum Gasteiger partial charge on any atom is 0.123 e. The largest absolute Gasteiger partial charge is 0.496 e. The van der Waals surface area contributed by atoms with Crippen LogP contribution in [0.4, 0.5) is 0 Å². The van der Waals surface area contributed by atoms with Gasteiger partial charge >= 0.3 is 0 Å². The van der Waals surface area contributed by atoms with Gasteiger partial charge in [0.15, 0.2) is 0 Å². The third kappa shape index (κ3) is 3.95. The summed E-state index contributed by atoms with van der Waals surface area (Å²) in [5, 5.41) is 0. The zero-order valence-electron chi connectivity index (χ0n) is 12.1. The molecule has 1 aromatic carbocycles. The van der Waals surface area contributed by atoms with E-state index in [0.717, 1.165) is 24.8 Å². The third-order valence-corrected chi connectivity index (χ3v) is 4.16. The predicted octanol–water partition coefficient (Wildman–Crippen LogP) is 2.64. The molecule has 0 amide bonds. The molecule has 1 aliphatic carbocycles. The first-order valence-electron chi connectivity index (χ1n) is 7.26. The average Bonchev–Trinajstić information content (AvgIpc) is 2.93. The first-order chi connectivity index (χ1) is 9.20. The predicted molar refractivity (Wildman–Crippen MR) is 79.3 cm³/mol. The van der Waals surface area contributed by atoms with E-state index in [0.29, 0.717) is 6.04 Å². The molecule has 2 N–H and O–H groups in total. The van der Waals surface area contributed by atoms with E-state index in [9.17, 15) is 0 Å². The number of para-hydroxylation sites is 1. The molecule has 19 heavy (non-hydrogen) atoms. The van der Waals surface area contributed by atoms with Crippen LogP contribution in [-0.4, -0.2) is 31.6 Å². The molecule has 1 fully saturated rings. The molecule has 2 rings (SSSR count). The molecular formula is C16H26N2O. The molecule has 106 valence electrons. The molecule has 0 aliphatic heterocycles. The van der Waals surface area contributed by atoms with Crippen LogP contribution >= 0.6 is 0 Å². The Kier molecular flexibility index (Phi) is 5.23. The van der Waals surface area contributed by atoms with Crippen LogP contribution in [0.1, 0.15) is 31.2 Å². The lowest BCUT2D eigenvalue weighted by Gasteiger charge is -2.25. The fraction of sp³-hybridized carbons (Fsp3) is 0.625. The second-order valence-corrected chi connectivity index (χ2v) is 5.72. The highest BCUT2D eigenvalue weighted by atomic mass is 16.5. The van der Waals surface area contributed by atoms with E-state index >= 15 is 0 Å². The van der Waals surface area contributed by atoms with Crippen LogP contribution < -0.4 is 10.5 Å². The number of benzene rings is 1. The highest BCUT2D eigenvalue weighted by Crippen LogP contribution is 2.27. The van der Waals surface area contributed by atoms with Crippen LogP contribution in [0.2, 0.25) is 0 Å². The van der Waals surface area contributed by atoms with Crippen molar-refractivity contribution in [2.45, 2.75) is 38.3 Å². The Morgan fingerprint density at radius 1 is 1.32 bits per heavy atom. The van der Waals surface area contributed by atoms with Gasteiger partial charge in [-0.25, -0.2) is 0 Å². The van der Waals surface area contributed by atoms with E-state index in [1.54, 1.807) is 7.11 Å². The molecule has 0 radical (unpaired) electrons. The normalized spacial score (nSPS) is 17.9. The van der Waals surface area contributed by atoms with Crippen LogP contribution in [0, 0.1) is 5.92 Å². The molecule has 1 aliphatic rings. The van der Waals surface area contributed by atoms with Crippen molar-refractivity contribution in [3.63, 3.8) is 0 Å². The van der Waals surface area contributed by atoms with E-state index in [-0.39, 0.29) is 0 Å². The first-order valence-corrected chi connectivity index (χ1v) is 7.26. The number of rotatable bonds is 6. The minimum Gasteiger partial charge on any atom is -0.496 e. The minimum absolute atomic E-state index is 0.308. The number of likely N-dealkylation sites (N-methyl/N-ethyl adjacent to an activating group) is 1. The van der Waals surface area contributed by atoms with Gasteiger partial charge in [0.25, 0.3) is 0 Å². The first kappa shape index (κ1) is 14.4. The van der Waals surface area contributed by atoms with Crippen LogP contribution in [0.15, 0.2) is 24.3 Å². The number of nitrogens with two attached hydrogens (primary N) is 1. The van der Waals surface area contributed by atoms with Crippen molar-refractivity contribution in [2.24, 2.45) is 11.7 Å². The molecule has 0 heterocycles. The van der Waals surface area contributed by atoms with Crippen LogP contribution in [-0.2, 0) is 6.54 Å². The lowest BCUT2D eigenvalue weighted by molar-refractivity contribution is 0.261. The van der Waals surface area contributed by atoms with Crippen molar-refractivity contribution in [2.75, 3.05) is 20.7 Å². The van der Waals surface area contributed by atoms with Gasteiger partial charge in [0.2, 0.25) is 0 Å². The zero-order chi connectivity index (χ0) is 13.7. The van der Waals surface area contributed by atoms with Gasteiger partial charge in [0.05, 0.1) is 7.11 Å². The van der Waals surface area contributed by atoms with Gasteiger partial charge in [0.1, 0.15) is 5.75 Å². The lowest BCUT2D eigenvalue weighted by atomic mass is 9.98. The second-order valence-electron chi connectivity index (χ2n) is 5.72. The van der Waals surface area contributed by atoms with Crippen molar-refractivity contribution < 1.29 is 4.74 Å². The summed E-state index contributed by atoms with van der Waals surface area (Å²) in [4.78, 5) is 2.31. The summed E-state index contributed by atoms with van der Waals surface area (Å²) < 4.78 is 5.39. The van der Waals surface area contributed by atoms with Gasteiger partial charge in [-0.1, -0.05) is 31.0 Å². The van der Waals surface area contributed by atoms with E-state index < -0.39 is 0 Å². The Morgan fingerprint density at radius 3 is 2.68 bits per heavy atom. The van der Waals surface area contributed by atoms with Crippen molar-refractivity contribution in [3.8, 4) is 5.75 Å². The van der Waals surface area contributed by atoms with Crippen molar-refractivity contribution in [1.29, 1.82) is 0 Å². The topological polar surface area (TPSA) is 38.5 Å². The fourth-order valence-electron chi connectivity index (χ4n) is 3.08. The zero-order valence-corrected chi connectivity index (χ0v) is 12.1. The standard InChI is InChI=1S/C16H26N2O/c1-18(12-15(17)13-7-3-4-8-13)11-14-9-5-6-10-16(14)19-2/h5-6,9-10,13,15H,3-4,7-8,11-12,17H2,1-2H3. The monoisotopic (exact) mass is 262 g/mol. The SMILES string of the molecule is COc1ccccc1CN(C)CC(N)C1CCCC1. The van der Waals surface area contributed by atoms with E-state index in [1.165, 1.54) is 31.2 Å². The van der Waals surface area contributed by atoms with Gasteiger partial charge in [-0.2, -0.15) is 0 Å². The number of methoxy groups -OCH3 is 1. The van der Waals surface area contributed by atoms with Crippen LogP contribution in [0.25, 0.3) is 0 Å². The maximum atomic E-state index is 6.33. The average molecular weight is 262 g/mol. The Balaban J connectivity index is 1.87. The van der Waals surface area contributed by atoms with E-state index in [4.69, 9.17) is 10.5 Å². The summed E-state index contributed by atoms with van der Waals surface area (Å²) in [5.74, 6) is 1.68. The molecule has 1 saturated carbocycles. The van der Waals surface area contributed by atoms with E-state index in [1.807, 2.05) is 12.1 Å². The van der Waals surface area contributed by atoms with Crippen LogP contribution in [0.5, 0.6) is 5.75 Å². The maximum absolute atomic E-state index is 6.33. The Labute approximate surface area is 116 Å². The molecule has 3 nitrogen and oxygen atoms in total. The number of hydrogen-bond acceptors (Lipinski definition) is 3. The summed E-state index contributed by atoms with van der Waals surface area (Å²) in [7, 11) is 3.87. The smallest absolute Gasteiger partial charge is 0.123 e. The number of ether oxygens (including phenoxy) is 1. The van der Waals surface area contributed by atoms with Gasteiger partial charge in [-0.15, -0.1) is 0 Å². The summed E-state index contributed by atoms with van der Waals surface area (Å²) in [6, 6.07) is 8.51. The lowest BCUT2D eigenvalue weighted by Crippen LogP contribution is -2.39. The number of hydrogen-bond donors (Lipinski definition) is 1. The van der Waals surface area contributed by atoms with Crippen molar-refractivity contribution in [3.05, 3.63) is 29.8 Å². The Morgan fingerprint density at radius 2 is 2.00 bits per heavy atom. The Hall–Kier alpha value is -1.06. The molecule has 0 spiro atoms. The molecule has 0 bridgehead atoms. The van der Waals surface area contributed by atoms with E-state index in [2.05, 4.69) is 24.1 Å². The summed E-state index contributed by atoms with van der Waals surface area (Å²) in [6.07, 6.45) is 5.33. The molecule has 0 aromatic heterocycles. The van der Waals surface area contributed by atoms with Crippen molar-refractivity contribution >= 4 is 0 Å².